The molecule has 1 amide bonds. The van der Waals surface area contributed by atoms with Gasteiger partial charge < -0.3 is 24.4 Å². The Morgan fingerprint density at radius 2 is 1.92 bits per heavy atom. The van der Waals surface area contributed by atoms with Crippen molar-refractivity contribution in [1.82, 2.24) is 10.2 Å². The van der Waals surface area contributed by atoms with Crippen LogP contribution < -0.4 is 19.5 Å². The molecule has 0 saturated carbocycles. The highest BCUT2D eigenvalue weighted by atomic mass is 16.5. The van der Waals surface area contributed by atoms with Gasteiger partial charge in [-0.05, 0) is 44.9 Å². The van der Waals surface area contributed by atoms with Gasteiger partial charge in [0.1, 0.15) is 0 Å². The summed E-state index contributed by atoms with van der Waals surface area (Å²) in [5, 5.41) is 2.97. The molecule has 25 heavy (non-hydrogen) atoms. The zero-order valence-electron chi connectivity index (χ0n) is 15.8. The van der Waals surface area contributed by atoms with Gasteiger partial charge in [0, 0.05) is 19.1 Å². The maximum atomic E-state index is 12.5. The van der Waals surface area contributed by atoms with Crippen LogP contribution in [0.3, 0.4) is 0 Å². The lowest BCUT2D eigenvalue weighted by molar-refractivity contribution is 0.0945. The van der Waals surface area contributed by atoms with E-state index in [-0.39, 0.29) is 5.91 Å². The molecule has 1 aromatic rings. The summed E-state index contributed by atoms with van der Waals surface area (Å²) in [7, 11) is 4.60. The SMILES string of the molecule is COc1ccc(C(=O)NCCCN2CCCCC2C)c(OC)c1OC. The van der Waals surface area contributed by atoms with Crippen LogP contribution in [0.2, 0.25) is 0 Å². The van der Waals surface area contributed by atoms with Gasteiger partial charge in [-0.1, -0.05) is 6.42 Å². The molecule has 0 spiro atoms. The number of hydrogen-bond donors (Lipinski definition) is 1. The van der Waals surface area contributed by atoms with Gasteiger partial charge >= 0.3 is 0 Å². The Hall–Kier alpha value is -1.95. The lowest BCUT2D eigenvalue weighted by Crippen LogP contribution is -2.39. The summed E-state index contributed by atoms with van der Waals surface area (Å²) < 4.78 is 15.9. The smallest absolute Gasteiger partial charge is 0.255 e. The molecule has 0 bridgehead atoms. The molecule has 6 heteroatoms. The van der Waals surface area contributed by atoms with Crippen molar-refractivity contribution in [2.45, 2.75) is 38.6 Å². The number of likely N-dealkylation sites (tertiary alicyclic amines) is 1. The predicted octanol–water partition coefficient (Wildman–Crippen LogP) is 2.71. The second kappa shape index (κ2) is 9.51. The molecule has 1 aliphatic rings. The van der Waals surface area contributed by atoms with Crippen LogP contribution in [0, 0.1) is 0 Å². The third kappa shape index (κ3) is 4.78. The van der Waals surface area contributed by atoms with Gasteiger partial charge in [0.25, 0.3) is 5.91 Å². The fraction of sp³-hybridized carbons (Fsp3) is 0.632. The van der Waals surface area contributed by atoms with Crippen LogP contribution in [0.1, 0.15) is 43.0 Å². The van der Waals surface area contributed by atoms with Crippen LogP contribution in [0.15, 0.2) is 12.1 Å². The molecule has 1 aliphatic heterocycles. The van der Waals surface area contributed by atoms with Gasteiger partial charge in [-0.15, -0.1) is 0 Å². The number of hydrogen-bond acceptors (Lipinski definition) is 5. The Bertz CT molecular complexity index is 577. The summed E-state index contributed by atoms with van der Waals surface area (Å²) in [6, 6.07) is 4.06. The zero-order valence-corrected chi connectivity index (χ0v) is 15.8. The van der Waals surface area contributed by atoms with Crippen LogP contribution in [-0.2, 0) is 0 Å². The van der Waals surface area contributed by atoms with E-state index in [0.717, 1.165) is 13.0 Å². The molecule has 1 N–H and O–H groups in total. The van der Waals surface area contributed by atoms with Gasteiger partial charge in [-0.2, -0.15) is 0 Å². The van der Waals surface area contributed by atoms with Crippen molar-refractivity contribution < 1.29 is 19.0 Å². The van der Waals surface area contributed by atoms with Crippen LogP contribution in [0.4, 0.5) is 0 Å². The Morgan fingerprint density at radius 1 is 1.16 bits per heavy atom. The van der Waals surface area contributed by atoms with E-state index in [2.05, 4.69) is 17.1 Å². The van der Waals surface area contributed by atoms with Crippen LogP contribution >= 0.6 is 0 Å². The fourth-order valence-corrected chi connectivity index (χ4v) is 3.35. The fourth-order valence-electron chi connectivity index (χ4n) is 3.35. The molecule has 0 aliphatic carbocycles. The molecular weight excluding hydrogens is 320 g/mol. The third-order valence-corrected chi connectivity index (χ3v) is 4.80. The van der Waals surface area contributed by atoms with E-state index in [1.54, 1.807) is 19.2 Å². The minimum absolute atomic E-state index is 0.163. The summed E-state index contributed by atoms with van der Waals surface area (Å²) in [4.78, 5) is 15.0. The summed E-state index contributed by atoms with van der Waals surface area (Å²) in [6.07, 6.45) is 4.81. The number of carbonyl (C=O) groups is 1. The first kappa shape index (κ1) is 19.4. The van der Waals surface area contributed by atoms with E-state index in [9.17, 15) is 4.79 Å². The second-order valence-corrected chi connectivity index (χ2v) is 6.37. The Kier molecular flexibility index (Phi) is 7.37. The minimum Gasteiger partial charge on any atom is -0.493 e. The number of rotatable bonds is 8. The maximum absolute atomic E-state index is 12.5. The van der Waals surface area contributed by atoms with E-state index in [1.165, 1.54) is 40.0 Å². The lowest BCUT2D eigenvalue weighted by Gasteiger charge is -2.33. The quantitative estimate of drug-likeness (QED) is 0.731. The van der Waals surface area contributed by atoms with Gasteiger partial charge in [0.2, 0.25) is 5.75 Å². The molecule has 1 saturated heterocycles. The van der Waals surface area contributed by atoms with E-state index in [4.69, 9.17) is 14.2 Å². The molecule has 2 rings (SSSR count). The summed E-state index contributed by atoms with van der Waals surface area (Å²) in [5.74, 6) is 1.20. The number of piperidine rings is 1. The van der Waals surface area contributed by atoms with Crippen molar-refractivity contribution >= 4 is 5.91 Å². The first-order valence-electron chi connectivity index (χ1n) is 8.93. The van der Waals surface area contributed by atoms with E-state index in [0.29, 0.717) is 35.4 Å². The Balaban J connectivity index is 1.92. The molecule has 6 nitrogen and oxygen atoms in total. The maximum Gasteiger partial charge on any atom is 0.255 e. The highest BCUT2D eigenvalue weighted by molar-refractivity contribution is 5.98. The van der Waals surface area contributed by atoms with Crippen LogP contribution in [-0.4, -0.2) is 57.8 Å². The largest absolute Gasteiger partial charge is 0.493 e. The van der Waals surface area contributed by atoms with E-state index >= 15 is 0 Å². The van der Waals surface area contributed by atoms with E-state index in [1.807, 2.05) is 0 Å². The van der Waals surface area contributed by atoms with Gasteiger partial charge in [-0.25, -0.2) is 0 Å². The highest BCUT2D eigenvalue weighted by Gasteiger charge is 2.21. The first-order valence-corrected chi connectivity index (χ1v) is 8.93. The van der Waals surface area contributed by atoms with Crippen molar-refractivity contribution in [3.05, 3.63) is 17.7 Å². The lowest BCUT2D eigenvalue weighted by atomic mass is 10.0. The van der Waals surface area contributed by atoms with Crippen LogP contribution in [0.5, 0.6) is 17.2 Å². The average molecular weight is 350 g/mol. The number of benzene rings is 1. The predicted molar refractivity (Wildman–Crippen MR) is 97.9 cm³/mol. The van der Waals surface area contributed by atoms with Gasteiger partial charge in [-0.3, -0.25) is 4.79 Å². The highest BCUT2D eigenvalue weighted by Crippen LogP contribution is 2.39. The summed E-state index contributed by atoms with van der Waals surface area (Å²) >= 11 is 0. The zero-order chi connectivity index (χ0) is 18.2. The van der Waals surface area contributed by atoms with Crippen molar-refractivity contribution in [1.29, 1.82) is 0 Å². The standard InChI is InChI=1S/C19H30N2O4/c1-14-8-5-6-12-21(14)13-7-11-20-19(22)15-9-10-16(23-2)18(25-4)17(15)24-3/h9-10,14H,5-8,11-13H2,1-4H3,(H,20,22). The normalized spacial score (nSPS) is 17.8. The molecule has 1 aromatic carbocycles. The first-order chi connectivity index (χ1) is 12.1. The molecular formula is C19H30N2O4. The van der Waals surface area contributed by atoms with Crippen molar-refractivity contribution in [3.8, 4) is 17.2 Å². The van der Waals surface area contributed by atoms with Crippen LogP contribution in [0.25, 0.3) is 0 Å². The monoisotopic (exact) mass is 350 g/mol. The number of amides is 1. The molecule has 0 radical (unpaired) electrons. The third-order valence-electron chi connectivity index (χ3n) is 4.80. The topological polar surface area (TPSA) is 60.0 Å². The van der Waals surface area contributed by atoms with Crippen molar-refractivity contribution in [3.63, 3.8) is 0 Å². The molecule has 1 atom stereocenters. The molecule has 1 fully saturated rings. The Labute approximate surface area is 150 Å². The molecule has 1 unspecified atom stereocenters. The van der Waals surface area contributed by atoms with Gasteiger partial charge in [0.05, 0.1) is 26.9 Å². The summed E-state index contributed by atoms with van der Waals surface area (Å²) in [5.41, 5.74) is 0.450. The van der Waals surface area contributed by atoms with Gasteiger partial charge in [0.15, 0.2) is 11.5 Å². The summed E-state index contributed by atoms with van der Waals surface area (Å²) in [6.45, 7) is 5.11. The molecule has 1 heterocycles. The molecule has 0 aromatic heterocycles. The van der Waals surface area contributed by atoms with E-state index < -0.39 is 0 Å². The number of nitrogens with zero attached hydrogens (tertiary/aromatic N) is 1. The number of ether oxygens (including phenoxy) is 3. The van der Waals surface area contributed by atoms with Crippen molar-refractivity contribution in [2.75, 3.05) is 41.0 Å². The number of nitrogens with one attached hydrogen (secondary N) is 1. The number of carbonyl (C=O) groups excluding carboxylic acids is 1. The second-order valence-electron chi connectivity index (χ2n) is 6.37. The Morgan fingerprint density at radius 3 is 2.56 bits per heavy atom. The average Bonchev–Trinajstić information content (AvgIpc) is 2.64. The number of methoxy groups -OCH3 is 3. The van der Waals surface area contributed by atoms with Crippen molar-refractivity contribution in [2.24, 2.45) is 0 Å². The minimum atomic E-state index is -0.163. The molecule has 140 valence electrons.